The van der Waals surface area contributed by atoms with Crippen LogP contribution in [-0.2, 0) is 19.7 Å². The minimum Gasteiger partial charge on any atom is -0.444 e. The number of likely N-dealkylation sites (tertiary alicyclic amines) is 1. The van der Waals surface area contributed by atoms with Gasteiger partial charge in [-0.1, -0.05) is 51.1 Å². The van der Waals surface area contributed by atoms with Gasteiger partial charge < -0.3 is 15.8 Å². The Morgan fingerprint density at radius 3 is 2.35 bits per heavy atom. The van der Waals surface area contributed by atoms with Crippen LogP contribution in [0.4, 0.5) is 4.79 Å². The summed E-state index contributed by atoms with van der Waals surface area (Å²) >= 11 is 0. The maximum absolute atomic E-state index is 13.3. The molecule has 172 valence electrons. The van der Waals surface area contributed by atoms with Crippen LogP contribution < -0.4 is 11.1 Å². The Bertz CT molecular complexity index is 788. The third-order valence-corrected chi connectivity index (χ3v) is 5.69. The van der Waals surface area contributed by atoms with E-state index >= 15 is 0 Å². The minimum absolute atomic E-state index is 0.181. The number of benzene rings is 1. The quantitative estimate of drug-likeness (QED) is 0.721. The van der Waals surface area contributed by atoms with Crippen molar-refractivity contribution >= 4 is 17.9 Å². The number of rotatable bonds is 6. The van der Waals surface area contributed by atoms with Gasteiger partial charge in [0.25, 0.3) is 0 Å². The van der Waals surface area contributed by atoms with Crippen LogP contribution in [0.15, 0.2) is 30.3 Å². The van der Waals surface area contributed by atoms with E-state index in [0.717, 1.165) is 5.56 Å². The number of piperidine rings is 1. The average Bonchev–Trinajstić information content (AvgIpc) is 2.66. The van der Waals surface area contributed by atoms with Gasteiger partial charge in [0.1, 0.15) is 17.7 Å². The lowest BCUT2D eigenvalue weighted by molar-refractivity contribution is -0.132. The van der Waals surface area contributed by atoms with Crippen LogP contribution in [0.3, 0.4) is 0 Å². The third kappa shape index (κ3) is 6.71. The van der Waals surface area contributed by atoms with E-state index < -0.39 is 29.7 Å². The van der Waals surface area contributed by atoms with E-state index in [1.165, 1.54) is 4.90 Å². The van der Waals surface area contributed by atoms with Crippen LogP contribution in [0, 0.1) is 5.92 Å². The Hall–Kier alpha value is -2.57. The first-order valence-electron chi connectivity index (χ1n) is 11.0. The van der Waals surface area contributed by atoms with Gasteiger partial charge in [0.2, 0.25) is 11.8 Å². The predicted molar refractivity (Wildman–Crippen MR) is 120 cm³/mol. The summed E-state index contributed by atoms with van der Waals surface area (Å²) in [6.07, 6.45) is 1.04. The molecule has 3 amide bonds. The summed E-state index contributed by atoms with van der Waals surface area (Å²) in [5.41, 5.74) is 5.68. The summed E-state index contributed by atoms with van der Waals surface area (Å²) in [5.74, 6) is -0.773. The van der Waals surface area contributed by atoms with Crippen molar-refractivity contribution in [3.05, 3.63) is 35.9 Å². The zero-order chi connectivity index (χ0) is 23.4. The molecule has 1 aliphatic heterocycles. The molecule has 1 saturated heterocycles. The van der Waals surface area contributed by atoms with Crippen molar-refractivity contribution in [2.75, 3.05) is 6.54 Å². The smallest absolute Gasteiger partial charge is 0.410 e. The largest absolute Gasteiger partial charge is 0.444 e. The normalized spacial score (nSPS) is 22.7. The van der Waals surface area contributed by atoms with Gasteiger partial charge in [-0.15, -0.1) is 0 Å². The number of nitrogens with zero attached hydrogens (tertiary/aromatic N) is 1. The molecular weight excluding hydrogens is 394 g/mol. The summed E-state index contributed by atoms with van der Waals surface area (Å²) < 4.78 is 5.56. The number of carbonyl (C=O) groups is 3. The van der Waals surface area contributed by atoms with E-state index in [4.69, 9.17) is 10.5 Å². The van der Waals surface area contributed by atoms with Crippen molar-refractivity contribution in [1.82, 2.24) is 10.2 Å². The van der Waals surface area contributed by atoms with Crippen LogP contribution in [0.25, 0.3) is 0 Å². The van der Waals surface area contributed by atoms with Crippen LogP contribution in [0.2, 0.25) is 0 Å². The number of hydrogen-bond donors (Lipinski definition) is 2. The van der Waals surface area contributed by atoms with E-state index in [1.54, 1.807) is 20.8 Å². The lowest BCUT2D eigenvalue weighted by Gasteiger charge is -2.44. The molecule has 1 aromatic carbocycles. The summed E-state index contributed by atoms with van der Waals surface area (Å²) in [6, 6.07) is 8.45. The summed E-state index contributed by atoms with van der Waals surface area (Å²) in [4.78, 5) is 39.6. The first kappa shape index (κ1) is 24.7. The highest BCUT2D eigenvalue weighted by molar-refractivity contribution is 5.91. The summed E-state index contributed by atoms with van der Waals surface area (Å²) in [6.45, 7) is 11.8. The third-order valence-electron chi connectivity index (χ3n) is 5.69. The number of ether oxygens (including phenoxy) is 1. The fraction of sp³-hybridized carbons (Fsp3) is 0.625. The zero-order valence-corrected chi connectivity index (χ0v) is 19.6. The van der Waals surface area contributed by atoms with Gasteiger partial charge in [-0.3, -0.25) is 14.5 Å². The molecule has 7 heteroatoms. The standard InChI is InChI=1S/C24H37N3O4/c1-16(2)14-18(20(25)28)26-21(29)19-15-24(6,17-10-8-7-9-11-17)12-13-27(19)22(30)31-23(3,4)5/h7-11,16,18-19H,12-15H2,1-6H3,(H2,25,28)(H,26,29)/t18-,19-,24+/m0/s1. The Balaban J connectivity index is 2.32. The number of carbonyl (C=O) groups excluding carboxylic acids is 3. The van der Waals surface area contributed by atoms with Crippen LogP contribution >= 0.6 is 0 Å². The first-order chi connectivity index (χ1) is 14.3. The fourth-order valence-electron chi connectivity index (χ4n) is 4.02. The molecule has 1 aliphatic rings. The van der Waals surface area contributed by atoms with Crippen LogP contribution in [0.5, 0.6) is 0 Å². The topological polar surface area (TPSA) is 102 Å². The maximum Gasteiger partial charge on any atom is 0.410 e. The van der Waals surface area contributed by atoms with E-state index in [0.29, 0.717) is 25.8 Å². The highest BCUT2D eigenvalue weighted by atomic mass is 16.6. The number of primary amides is 1. The monoisotopic (exact) mass is 431 g/mol. The molecule has 2 rings (SSSR count). The van der Waals surface area contributed by atoms with Crippen molar-refractivity contribution in [3.63, 3.8) is 0 Å². The van der Waals surface area contributed by atoms with Gasteiger partial charge >= 0.3 is 6.09 Å². The van der Waals surface area contributed by atoms with Gasteiger partial charge in [-0.2, -0.15) is 0 Å². The van der Waals surface area contributed by atoms with E-state index in [2.05, 4.69) is 12.2 Å². The molecule has 0 bridgehead atoms. The molecule has 0 unspecified atom stereocenters. The molecule has 0 aliphatic carbocycles. The highest BCUT2D eigenvalue weighted by Gasteiger charge is 2.44. The number of hydrogen-bond acceptors (Lipinski definition) is 4. The fourth-order valence-corrected chi connectivity index (χ4v) is 4.02. The molecule has 0 spiro atoms. The Kier molecular flexibility index (Phi) is 7.73. The zero-order valence-electron chi connectivity index (χ0n) is 19.6. The number of nitrogens with one attached hydrogen (secondary N) is 1. The van der Waals surface area contributed by atoms with E-state index in [1.807, 2.05) is 44.2 Å². The van der Waals surface area contributed by atoms with Gasteiger partial charge in [-0.05, 0) is 56.9 Å². The minimum atomic E-state index is -0.780. The molecule has 3 atom stereocenters. The Morgan fingerprint density at radius 1 is 1.23 bits per heavy atom. The first-order valence-corrected chi connectivity index (χ1v) is 11.0. The van der Waals surface area contributed by atoms with Gasteiger partial charge in [0.15, 0.2) is 0 Å². The van der Waals surface area contributed by atoms with Crippen molar-refractivity contribution in [1.29, 1.82) is 0 Å². The SMILES string of the molecule is CC(C)C[C@H](NC(=O)[C@@H]1C[C@](C)(c2ccccc2)CCN1C(=O)OC(C)(C)C)C(N)=O. The van der Waals surface area contributed by atoms with Crippen molar-refractivity contribution < 1.29 is 19.1 Å². The molecule has 0 radical (unpaired) electrons. The van der Waals surface area contributed by atoms with Crippen molar-refractivity contribution in [3.8, 4) is 0 Å². The molecule has 1 fully saturated rings. The second-order valence-electron chi connectivity index (χ2n) is 10.2. The summed E-state index contributed by atoms with van der Waals surface area (Å²) in [7, 11) is 0. The molecule has 31 heavy (non-hydrogen) atoms. The lowest BCUT2D eigenvalue weighted by atomic mass is 9.71. The second-order valence-corrected chi connectivity index (χ2v) is 10.2. The Morgan fingerprint density at radius 2 is 1.84 bits per heavy atom. The molecule has 3 N–H and O–H groups in total. The van der Waals surface area contributed by atoms with E-state index in [-0.39, 0.29) is 17.2 Å². The average molecular weight is 432 g/mol. The molecule has 1 heterocycles. The van der Waals surface area contributed by atoms with Crippen LogP contribution in [-0.4, -0.2) is 47.0 Å². The molecule has 0 saturated carbocycles. The summed E-state index contributed by atoms with van der Waals surface area (Å²) in [5, 5.41) is 2.79. The van der Waals surface area contributed by atoms with Gasteiger partial charge in [0, 0.05) is 6.54 Å². The predicted octanol–water partition coefficient (Wildman–Crippen LogP) is 3.36. The molecule has 1 aromatic rings. The highest BCUT2D eigenvalue weighted by Crippen LogP contribution is 2.38. The molecule has 0 aromatic heterocycles. The molecular formula is C24H37N3O4. The van der Waals surface area contributed by atoms with Gasteiger partial charge in [-0.25, -0.2) is 4.79 Å². The lowest BCUT2D eigenvalue weighted by Crippen LogP contribution is -2.59. The van der Waals surface area contributed by atoms with Gasteiger partial charge in [0.05, 0.1) is 0 Å². The number of nitrogens with two attached hydrogens (primary N) is 1. The Labute approximate surface area is 185 Å². The van der Waals surface area contributed by atoms with Crippen molar-refractivity contribution in [2.45, 2.75) is 83.9 Å². The second kappa shape index (κ2) is 9.71. The molecule has 7 nitrogen and oxygen atoms in total. The maximum atomic E-state index is 13.3. The van der Waals surface area contributed by atoms with E-state index in [9.17, 15) is 14.4 Å². The van der Waals surface area contributed by atoms with Crippen LogP contribution in [0.1, 0.15) is 66.4 Å². The number of amides is 3. The van der Waals surface area contributed by atoms with Crippen molar-refractivity contribution in [2.24, 2.45) is 11.7 Å².